The van der Waals surface area contributed by atoms with Gasteiger partial charge in [0.2, 0.25) is 0 Å². The van der Waals surface area contributed by atoms with E-state index in [-0.39, 0.29) is 13.2 Å². The Kier molecular flexibility index (Phi) is 8.63. The molecule has 0 amide bonds. The standard InChI is InChI=1S/C48H41GeN3O6/c1-55-36-18-14-34(15-19-36)51-41-23-31(29-54)22-40-46(41)49(32-8-6-5-7-9-32)47-42(50(40)33-12-10-30(28-53)11-13-33)24-38(57-3)26-44(47)52(35-16-20-37(56-2)21-17-35)45-27-39(58-4)25-43(51)48(45)49/h5-27,53-54H,28-29H2,1-4H3. The van der Waals surface area contributed by atoms with Crippen molar-refractivity contribution in [2.75, 3.05) is 43.1 Å². The molecule has 0 spiro atoms. The summed E-state index contributed by atoms with van der Waals surface area (Å²) in [5.41, 5.74) is 10.5. The van der Waals surface area contributed by atoms with Crippen LogP contribution in [0.1, 0.15) is 11.1 Å². The molecule has 0 aromatic heterocycles. The van der Waals surface area contributed by atoms with Gasteiger partial charge in [-0.25, -0.2) is 0 Å². The summed E-state index contributed by atoms with van der Waals surface area (Å²) in [7, 11) is 6.79. The van der Waals surface area contributed by atoms with Crippen LogP contribution in [-0.4, -0.2) is 51.9 Å². The zero-order valence-electron chi connectivity index (χ0n) is 32.6. The number of nitrogens with zero attached hydrogens (tertiary/aromatic N) is 3. The molecule has 0 fully saturated rings. The number of methoxy groups -OCH3 is 4. The summed E-state index contributed by atoms with van der Waals surface area (Å²) in [6.07, 6.45) is 0. The van der Waals surface area contributed by atoms with E-state index >= 15 is 0 Å². The second kappa shape index (κ2) is 13.9. The van der Waals surface area contributed by atoms with Gasteiger partial charge in [-0.05, 0) is 0 Å². The first-order valence-corrected chi connectivity index (χ1v) is 23.3. The molecule has 7 aromatic rings. The number of aliphatic hydroxyl groups excluding tert-OH is 2. The van der Waals surface area contributed by atoms with E-state index in [0.29, 0.717) is 11.5 Å². The molecule has 3 aliphatic heterocycles. The van der Waals surface area contributed by atoms with Crippen LogP contribution in [0, 0.1) is 0 Å². The summed E-state index contributed by atoms with van der Waals surface area (Å²) in [4.78, 5) is 7.01. The predicted molar refractivity (Wildman–Crippen MR) is 233 cm³/mol. The maximum atomic E-state index is 11.1. The Labute approximate surface area is 339 Å². The fraction of sp³-hybridized carbons (Fsp3) is 0.125. The average Bonchev–Trinajstić information content (AvgIpc) is 3.29. The van der Waals surface area contributed by atoms with E-state index < -0.39 is 13.3 Å². The summed E-state index contributed by atoms with van der Waals surface area (Å²) in [5, 5.41) is 21.1. The Morgan fingerprint density at radius 3 is 1.09 bits per heavy atom. The van der Waals surface area contributed by atoms with Crippen LogP contribution in [0.25, 0.3) is 0 Å². The predicted octanol–water partition coefficient (Wildman–Crippen LogP) is 7.43. The quantitative estimate of drug-likeness (QED) is 0.137. The Hall–Kier alpha value is -6.40. The van der Waals surface area contributed by atoms with Crippen molar-refractivity contribution < 1.29 is 29.2 Å². The van der Waals surface area contributed by atoms with Gasteiger partial charge in [-0.1, -0.05) is 0 Å². The van der Waals surface area contributed by atoms with Crippen molar-refractivity contribution in [2.24, 2.45) is 0 Å². The Bertz CT molecular complexity index is 2360. The van der Waals surface area contributed by atoms with Gasteiger partial charge in [0.05, 0.1) is 0 Å². The van der Waals surface area contributed by atoms with Crippen LogP contribution in [-0.2, 0) is 13.2 Å². The van der Waals surface area contributed by atoms with Crippen LogP contribution in [0.4, 0.5) is 51.2 Å². The fourth-order valence-electron chi connectivity index (χ4n) is 9.31. The first-order chi connectivity index (χ1) is 28.5. The minimum absolute atomic E-state index is 0.0622. The van der Waals surface area contributed by atoms with E-state index in [1.165, 1.54) is 17.6 Å². The van der Waals surface area contributed by atoms with Gasteiger partial charge in [-0.15, -0.1) is 0 Å². The van der Waals surface area contributed by atoms with Crippen molar-refractivity contribution in [1.29, 1.82) is 0 Å². The number of benzene rings is 7. The van der Waals surface area contributed by atoms with E-state index in [9.17, 15) is 10.2 Å². The molecule has 0 saturated carbocycles. The van der Waals surface area contributed by atoms with Gasteiger partial charge in [-0.2, -0.15) is 0 Å². The summed E-state index contributed by atoms with van der Waals surface area (Å²) < 4.78 is 28.7. The van der Waals surface area contributed by atoms with Crippen molar-refractivity contribution in [2.45, 2.75) is 13.2 Å². The molecule has 0 bridgehead atoms. The second-order valence-corrected chi connectivity index (χ2v) is 22.1. The minimum atomic E-state index is -4.18. The molecule has 3 heterocycles. The molecule has 58 heavy (non-hydrogen) atoms. The van der Waals surface area contributed by atoms with Crippen molar-refractivity contribution in [3.63, 3.8) is 0 Å². The molecule has 3 aliphatic rings. The van der Waals surface area contributed by atoms with Gasteiger partial charge in [0.15, 0.2) is 0 Å². The van der Waals surface area contributed by atoms with Crippen LogP contribution in [0.15, 0.2) is 140 Å². The van der Waals surface area contributed by atoms with Gasteiger partial charge in [-0.3, -0.25) is 0 Å². The van der Waals surface area contributed by atoms with Crippen LogP contribution in [0.5, 0.6) is 23.0 Å². The summed E-state index contributed by atoms with van der Waals surface area (Å²) in [5.74, 6) is 2.94. The topological polar surface area (TPSA) is 87.1 Å². The van der Waals surface area contributed by atoms with Crippen LogP contribution in [0.2, 0.25) is 0 Å². The van der Waals surface area contributed by atoms with E-state index in [4.69, 9.17) is 18.9 Å². The van der Waals surface area contributed by atoms with Gasteiger partial charge < -0.3 is 0 Å². The number of ether oxygens (including phenoxy) is 4. The van der Waals surface area contributed by atoms with Gasteiger partial charge >= 0.3 is 341 Å². The SMILES string of the molecule is COc1ccc(N2c3cc(CO)cc4[c]3[Ge]3([c]5ccccc5)[c]5c(cc(OC)cc5N(c5ccc(OC)cc5)c5cc(OC)cc2[c]53)N4c2ccc(CO)cc2)cc1. The molecule has 1 atom stereocenters. The molecule has 0 aliphatic carbocycles. The van der Waals surface area contributed by atoms with E-state index in [2.05, 4.69) is 118 Å². The molecular weight excluding hydrogens is 787 g/mol. The molecule has 10 rings (SSSR count). The summed E-state index contributed by atoms with van der Waals surface area (Å²) in [6.45, 7) is -0.218. The van der Waals surface area contributed by atoms with Crippen molar-refractivity contribution in [1.82, 2.24) is 0 Å². The van der Waals surface area contributed by atoms with Gasteiger partial charge in [0.25, 0.3) is 0 Å². The monoisotopic (exact) mass is 829 g/mol. The first-order valence-electron chi connectivity index (χ1n) is 19.1. The Morgan fingerprint density at radius 1 is 0.397 bits per heavy atom. The third-order valence-corrected chi connectivity index (χ3v) is 22.2. The molecule has 7 aromatic carbocycles. The maximum absolute atomic E-state index is 11.1. The molecule has 2 N–H and O–H groups in total. The molecule has 288 valence electrons. The zero-order valence-corrected chi connectivity index (χ0v) is 34.7. The van der Waals surface area contributed by atoms with Crippen LogP contribution >= 0.6 is 0 Å². The first kappa shape index (κ1) is 36.0. The third kappa shape index (κ3) is 5.10. The van der Waals surface area contributed by atoms with Crippen molar-refractivity contribution in [3.8, 4) is 23.0 Å². The van der Waals surface area contributed by atoms with E-state index in [1.54, 1.807) is 28.4 Å². The van der Waals surface area contributed by atoms with Crippen molar-refractivity contribution >= 4 is 82.0 Å². The number of hydrogen-bond acceptors (Lipinski definition) is 9. The third-order valence-electron chi connectivity index (χ3n) is 11.8. The number of hydrogen-bond donors (Lipinski definition) is 2. The molecular formula is C48H41GeN3O6. The molecule has 10 heteroatoms. The van der Waals surface area contributed by atoms with Crippen LogP contribution in [0.3, 0.4) is 0 Å². The second-order valence-electron chi connectivity index (χ2n) is 14.6. The fourth-order valence-corrected chi connectivity index (χ4v) is 21.3. The van der Waals surface area contributed by atoms with Gasteiger partial charge in [0.1, 0.15) is 0 Å². The molecule has 9 nitrogen and oxygen atoms in total. The number of rotatable bonds is 10. The molecule has 0 radical (unpaired) electrons. The van der Waals surface area contributed by atoms with E-state index in [0.717, 1.165) is 73.8 Å². The zero-order chi connectivity index (χ0) is 39.7. The van der Waals surface area contributed by atoms with Crippen molar-refractivity contribution in [3.05, 3.63) is 151 Å². The molecule has 1 unspecified atom stereocenters. The number of anilines is 9. The summed E-state index contributed by atoms with van der Waals surface area (Å²) in [6, 6.07) is 48.5. The van der Waals surface area contributed by atoms with E-state index in [1.807, 2.05) is 36.4 Å². The molecule has 0 saturated heterocycles. The average molecular weight is 828 g/mol. The Morgan fingerprint density at radius 2 is 0.741 bits per heavy atom. The normalized spacial score (nSPS) is 15.5. The van der Waals surface area contributed by atoms with Gasteiger partial charge in [0, 0.05) is 0 Å². The number of aliphatic hydroxyl groups is 2. The van der Waals surface area contributed by atoms with Crippen LogP contribution < -0.4 is 51.2 Å². The Balaban J connectivity index is 1.45. The summed E-state index contributed by atoms with van der Waals surface area (Å²) >= 11 is -4.18.